The van der Waals surface area contributed by atoms with Crippen LogP contribution in [0.4, 0.5) is 18.9 Å². The third kappa shape index (κ3) is 3.34. The molecule has 1 aromatic rings. The molecular weight excluding hydrogens is 249 g/mol. The number of halogens is 3. The highest BCUT2D eigenvalue weighted by atomic mass is 19.4. The zero-order chi connectivity index (χ0) is 13.8. The maximum Gasteiger partial charge on any atom is 0.434 e. The Labute approximate surface area is 100 Å². The molecule has 0 spiro atoms. The number of carboxylic acid groups (broad SMARTS) is 1. The molecule has 0 aliphatic rings. The molecular formula is C11H9F3N2O2. The molecule has 96 valence electrons. The molecule has 3 N–H and O–H groups in total. The Morgan fingerprint density at radius 3 is 2.22 bits per heavy atom. The summed E-state index contributed by atoms with van der Waals surface area (Å²) in [6, 6.07) is 7.21. The number of hydrogen-bond donors (Lipinski definition) is 2. The van der Waals surface area contributed by atoms with Crippen molar-refractivity contribution < 1.29 is 23.1 Å². The molecule has 7 heteroatoms. The van der Waals surface area contributed by atoms with E-state index in [1.807, 2.05) is 0 Å². The molecule has 0 radical (unpaired) electrons. The third-order valence-electron chi connectivity index (χ3n) is 1.92. The van der Waals surface area contributed by atoms with Gasteiger partial charge in [0, 0.05) is 6.20 Å². The molecule has 0 heterocycles. The van der Waals surface area contributed by atoms with Gasteiger partial charge in [-0.2, -0.15) is 13.2 Å². The average molecular weight is 258 g/mol. The highest BCUT2D eigenvalue weighted by molar-refractivity contribution is 6.21. The molecule has 0 aliphatic carbocycles. The predicted molar refractivity (Wildman–Crippen MR) is 59.5 cm³/mol. The van der Waals surface area contributed by atoms with Crippen LogP contribution in [-0.4, -0.2) is 23.0 Å². The van der Waals surface area contributed by atoms with Crippen LogP contribution >= 0.6 is 0 Å². The molecule has 0 bridgehead atoms. The lowest BCUT2D eigenvalue weighted by Gasteiger charge is -2.10. The van der Waals surface area contributed by atoms with Crippen LogP contribution < -0.4 is 5.73 Å². The number of carboxylic acids is 1. The van der Waals surface area contributed by atoms with Gasteiger partial charge in [0.2, 0.25) is 0 Å². The number of hydrogen-bond acceptors (Lipinski definition) is 3. The Bertz CT molecular complexity index is 493. The number of alkyl halides is 3. The van der Waals surface area contributed by atoms with Gasteiger partial charge in [-0.3, -0.25) is 0 Å². The molecule has 18 heavy (non-hydrogen) atoms. The predicted octanol–water partition coefficient (Wildman–Crippen LogP) is 2.25. The van der Waals surface area contributed by atoms with Gasteiger partial charge in [-0.1, -0.05) is 18.2 Å². The van der Waals surface area contributed by atoms with Crippen molar-refractivity contribution >= 4 is 17.4 Å². The van der Waals surface area contributed by atoms with Crippen molar-refractivity contribution in [1.82, 2.24) is 0 Å². The first-order valence-electron chi connectivity index (χ1n) is 4.72. The Morgan fingerprint density at radius 2 is 1.83 bits per heavy atom. The quantitative estimate of drug-likeness (QED) is 0.645. The van der Waals surface area contributed by atoms with Crippen LogP contribution in [-0.2, 0) is 4.79 Å². The van der Waals surface area contributed by atoms with Gasteiger partial charge in [0.15, 0.2) is 5.71 Å². The second-order valence-corrected chi connectivity index (χ2v) is 3.18. The Balaban J connectivity index is 3.32. The van der Waals surface area contributed by atoms with Crippen molar-refractivity contribution in [3.8, 4) is 0 Å². The summed E-state index contributed by atoms with van der Waals surface area (Å²) in [5.41, 5.74) is 2.26. The third-order valence-corrected chi connectivity index (χ3v) is 1.92. The van der Waals surface area contributed by atoms with Gasteiger partial charge in [-0.15, -0.1) is 0 Å². The number of para-hydroxylation sites is 1. The normalized spacial score (nSPS) is 13.5. The molecule has 0 saturated heterocycles. The van der Waals surface area contributed by atoms with Crippen LogP contribution in [0.3, 0.4) is 0 Å². The van der Waals surface area contributed by atoms with Crippen molar-refractivity contribution in [2.45, 2.75) is 6.18 Å². The number of nitrogens with zero attached hydrogens (tertiary/aromatic N) is 1. The molecule has 0 unspecified atom stereocenters. The minimum Gasteiger partial charge on any atom is -0.478 e. The van der Waals surface area contributed by atoms with Crippen LogP contribution in [0.25, 0.3) is 0 Å². The zero-order valence-electron chi connectivity index (χ0n) is 8.98. The Morgan fingerprint density at radius 1 is 1.28 bits per heavy atom. The van der Waals surface area contributed by atoms with Crippen molar-refractivity contribution in [1.29, 1.82) is 0 Å². The fourth-order valence-corrected chi connectivity index (χ4v) is 1.16. The van der Waals surface area contributed by atoms with E-state index in [2.05, 4.69) is 4.99 Å². The Kier molecular flexibility index (Phi) is 4.09. The van der Waals surface area contributed by atoms with Gasteiger partial charge in [0.1, 0.15) is 5.57 Å². The summed E-state index contributed by atoms with van der Waals surface area (Å²) in [5.74, 6) is -1.79. The van der Waals surface area contributed by atoms with Crippen molar-refractivity contribution in [2.75, 3.05) is 0 Å². The summed E-state index contributed by atoms with van der Waals surface area (Å²) in [6.07, 6.45) is -4.53. The number of carbonyl (C=O) groups is 1. The lowest BCUT2D eigenvalue weighted by molar-refractivity contribution is -0.132. The number of aliphatic imine (C=N–C) groups is 1. The minimum absolute atomic E-state index is 0.00887. The van der Waals surface area contributed by atoms with Gasteiger partial charge in [0.25, 0.3) is 0 Å². The van der Waals surface area contributed by atoms with E-state index in [1.165, 1.54) is 24.3 Å². The van der Waals surface area contributed by atoms with E-state index in [0.717, 1.165) is 0 Å². The van der Waals surface area contributed by atoms with Gasteiger partial charge >= 0.3 is 12.1 Å². The lowest BCUT2D eigenvalue weighted by atomic mass is 10.1. The number of rotatable bonds is 3. The maximum atomic E-state index is 12.7. The van der Waals surface area contributed by atoms with E-state index in [0.29, 0.717) is 6.20 Å². The molecule has 1 rings (SSSR count). The van der Waals surface area contributed by atoms with Gasteiger partial charge in [0.05, 0.1) is 5.69 Å². The summed E-state index contributed by atoms with van der Waals surface area (Å²) in [6.45, 7) is 0. The SMILES string of the molecule is NC=C(C(=O)O)C(=Nc1ccccc1)C(F)(F)F. The van der Waals surface area contributed by atoms with Crippen molar-refractivity contribution in [3.05, 3.63) is 42.1 Å². The van der Waals surface area contributed by atoms with Gasteiger partial charge < -0.3 is 10.8 Å². The summed E-state index contributed by atoms with van der Waals surface area (Å²) >= 11 is 0. The van der Waals surface area contributed by atoms with E-state index in [4.69, 9.17) is 10.8 Å². The fourth-order valence-electron chi connectivity index (χ4n) is 1.16. The first-order valence-corrected chi connectivity index (χ1v) is 4.72. The van der Waals surface area contributed by atoms with Crippen LogP contribution in [0, 0.1) is 0 Å². The summed E-state index contributed by atoms with van der Waals surface area (Å²) in [7, 11) is 0. The van der Waals surface area contributed by atoms with Crippen LogP contribution in [0.15, 0.2) is 47.1 Å². The van der Waals surface area contributed by atoms with E-state index in [9.17, 15) is 18.0 Å². The average Bonchev–Trinajstić information content (AvgIpc) is 2.28. The summed E-state index contributed by atoms with van der Waals surface area (Å²) < 4.78 is 38.1. The molecule has 0 amide bonds. The molecule has 0 fully saturated rings. The lowest BCUT2D eigenvalue weighted by Crippen LogP contribution is -2.29. The fraction of sp³-hybridized carbons (Fsp3) is 0.0909. The van der Waals surface area contributed by atoms with E-state index < -0.39 is 23.4 Å². The van der Waals surface area contributed by atoms with Crippen LogP contribution in [0.5, 0.6) is 0 Å². The van der Waals surface area contributed by atoms with E-state index in [1.54, 1.807) is 6.07 Å². The van der Waals surface area contributed by atoms with E-state index >= 15 is 0 Å². The second-order valence-electron chi connectivity index (χ2n) is 3.18. The molecule has 0 aliphatic heterocycles. The number of benzene rings is 1. The van der Waals surface area contributed by atoms with Crippen LogP contribution in [0.2, 0.25) is 0 Å². The Hall–Kier alpha value is -2.31. The smallest absolute Gasteiger partial charge is 0.434 e. The van der Waals surface area contributed by atoms with Gasteiger partial charge in [-0.05, 0) is 12.1 Å². The van der Waals surface area contributed by atoms with Crippen LogP contribution in [0.1, 0.15) is 0 Å². The zero-order valence-corrected chi connectivity index (χ0v) is 8.98. The monoisotopic (exact) mass is 258 g/mol. The summed E-state index contributed by atoms with van der Waals surface area (Å²) in [5, 5.41) is 8.66. The van der Waals surface area contributed by atoms with Crippen molar-refractivity contribution in [3.63, 3.8) is 0 Å². The van der Waals surface area contributed by atoms with Crippen molar-refractivity contribution in [2.24, 2.45) is 10.7 Å². The molecule has 0 saturated carbocycles. The molecule has 0 aromatic heterocycles. The standard InChI is InChI=1S/C11H9F3N2O2/c12-11(13,14)9(8(6-15)10(17)18)16-7-4-2-1-3-5-7/h1-6H,15H2,(H,17,18). The highest BCUT2D eigenvalue weighted by Gasteiger charge is 2.40. The minimum atomic E-state index is -4.90. The van der Waals surface area contributed by atoms with E-state index in [-0.39, 0.29) is 5.69 Å². The first-order chi connectivity index (χ1) is 8.36. The largest absolute Gasteiger partial charge is 0.478 e. The number of nitrogens with two attached hydrogens (primary N) is 1. The summed E-state index contributed by atoms with van der Waals surface area (Å²) in [4.78, 5) is 14.0. The maximum absolute atomic E-state index is 12.7. The van der Waals surface area contributed by atoms with Gasteiger partial charge in [-0.25, -0.2) is 9.79 Å². The molecule has 0 atom stereocenters. The molecule has 4 nitrogen and oxygen atoms in total. The molecule has 1 aromatic carbocycles. The second kappa shape index (κ2) is 5.35. The first kappa shape index (κ1) is 13.8. The highest BCUT2D eigenvalue weighted by Crippen LogP contribution is 2.25. The number of aliphatic carboxylic acids is 1. The topological polar surface area (TPSA) is 75.7 Å².